The SMILES string of the molecule is CN(C)c1nc(NC2CCC(NC(=O)c3ccc(S(C)(=O)=O)cc3)CC2)nc2ccccc12. The lowest BCUT2D eigenvalue weighted by Crippen LogP contribution is -2.40. The summed E-state index contributed by atoms with van der Waals surface area (Å²) in [5, 5.41) is 7.57. The number of aromatic nitrogens is 2. The van der Waals surface area contributed by atoms with Crippen molar-refractivity contribution in [2.24, 2.45) is 0 Å². The van der Waals surface area contributed by atoms with Gasteiger partial charge in [0, 0.05) is 43.4 Å². The van der Waals surface area contributed by atoms with E-state index in [0.29, 0.717) is 11.5 Å². The summed E-state index contributed by atoms with van der Waals surface area (Å²) in [6.45, 7) is 0. The summed E-state index contributed by atoms with van der Waals surface area (Å²) >= 11 is 0. The molecule has 4 rings (SSSR count). The Morgan fingerprint density at radius 1 is 0.939 bits per heavy atom. The van der Waals surface area contributed by atoms with E-state index < -0.39 is 9.84 Å². The van der Waals surface area contributed by atoms with Crippen LogP contribution < -0.4 is 15.5 Å². The van der Waals surface area contributed by atoms with Gasteiger partial charge < -0.3 is 15.5 Å². The number of rotatable bonds is 6. The number of benzene rings is 2. The fourth-order valence-electron chi connectivity index (χ4n) is 4.15. The van der Waals surface area contributed by atoms with Crippen LogP contribution in [0.1, 0.15) is 36.0 Å². The van der Waals surface area contributed by atoms with Crippen LogP contribution in [0.5, 0.6) is 0 Å². The maximum absolute atomic E-state index is 12.6. The Kier molecular flexibility index (Phi) is 6.51. The molecule has 1 fully saturated rings. The Hall–Kier alpha value is -3.20. The normalized spacial score (nSPS) is 18.6. The summed E-state index contributed by atoms with van der Waals surface area (Å²) in [6, 6.07) is 14.3. The number of carbonyl (C=O) groups is 1. The van der Waals surface area contributed by atoms with Crippen molar-refractivity contribution in [2.75, 3.05) is 30.6 Å². The minimum Gasteiger partial charge on any atom is -0.362 e. The second-order valence-corrected chi connectivity index (χ2v) is 10.8. The topological polar surface area (TPSA) is 104 Å². The number of hydrogen-bond acceptors (Lipinski definition) is 7. The Labute approximate surface area is 194 Å². The Bertz CT molecular complexity index is 1250. The molecule has 2 N–H and O–H groups in total. The molecule has 1 amide bonds. The van der Waals surface area contributed by atoms with Gasteiger partial charge in [-0.3, -0.25) is 4.79 Å². The summed E-state index contributed by atoms with van der Waals surface area (Å²) in [4.78, 5) is 24.2. The number of sulfone groups is 1. The molecule has 1 aliphatic carbocycles. The van der Waals surface area contributed by atoms with Crippen LogP contribution in [-0.2, 0) is 9.84 Å². The van der Waals surface area contributed by atoms with Crippen molar-refractivity contribution in [1.29, 1.82) is 0 Å². The van der Waals surface area contributed by atoms with E-state index in [9.17, 15) is 13.2 Å². The molecule has 1 aliphatic rings. The van der Waals surface area contributed by atoms with Gasteiger partial charge in [0.15, 0.2) is 9.84 Å². The largest absolute Gasteiger partial charge is 0.362 e. The summed E-state index contributed by atoms with van der Waals surface area (Å²) < 4.78 is 23.2. The maximum Gasteiger partial charge on any atom is 0.251 e. The van der Waals surface area contributed by atoms with E-state index in [1.165, 1.54) is 12.1 Å². The number of para-hydroxylation sites is 1. The predicted molar refractivity (Wildman–Crippen MR) is 131 cm³/mol. The second kappa shape index (κ2) is 9.35. The highest BCUT2D eigenvalue weighted by Crippen LogP contribution is 2.26. The number of nitrogens with one attached hydrogen (secondary N) is 2. The van der Waals surface area contributed by atoms with Crippen LogP contribution in [0.15, 0.2) is 53.4 Å². The van der Waals surface area contributed by atoms with Crippen LogP contribution in [0.4, 0.5) is 11.8 Å². The van der Waals surface area contributed by atoms with Gasteiger partial charge in [-0.05, 0) is 62.1 Å². The molecule has 0 spiro atoms. The van der Waals surface area contributed by atoms with Crippen LogP contribution in [0.25, 0.3) is 10.9 Å². The zero-order chi connectivity index (χ0) is 23.6. The van der Waals surface area contributed by atoms with Gasteiger partial charge in [0.05, 0.1) is 10.4 Å². The summed E-state index contributed by atoms with van der Waals surface area (Å²) in [6.07, 6.45) is 4.63. The van der Waals surface area contributed by atoms with Crippen molar-refractivity contribution in [1.82, 2.24) is 15.3 Å². The quantitative estimate of drug-likeness (QED) is 0.573. The van der Waals surface area contributed by atoms with E-state index in [-0.39, 0.29) is 22.9 Å². The Morgan fingerprint density at radius 2 is 1.58 bits per heavy atom. The molecule has 1 saturated carbocycles. The monoisotopic (exact) mass is 467 g/mol. The number of fused-ring (bicyclic) bond motifs is 1. The lowest BCUT2D eigenvalue weighted by molar-refractivity contribution is 0.0926. The molecule has 9 heteroatoms. The highest BCUT2D eigenvalue weighted by molar-refractivity contribution is 7.90. The molecule has 33 heavy (non-hydrogen) atoms. The smallest absolute Gasteiger partial charge is 0.251 e. The van der Waals surface area contributed by atoms with Gasteiger partial charge in [-0.15, -0.1) is 0 Å². The van der Waals surface area contributed by atoms with Crippen LogP contribution in [0.3, 0.4) is 0 Å². The fourth-order valence-corrected chi connectivity index (χ4v) is 4.78. The molecular weight excluding hydrogens is 438 g/mol. The molecule has 2 aromatic carbocycles. The fraction of sp³-hybridized carbons (Fsp3) is 0.375. The van der Waals surface area contributed by atoms with Gasteiger partial charge in [-0.1, -0.05) is 12.1 Å². The third-order valence-electron chi connectivity index (χ3n) is 5.95. The van der Waals surface area contributed by atoms with E-state index in [0.717, 1.165) is 48.7 Å². The molecule has 8 nitrogen and oxygen atoms in total. The first-order valence-electron chi connectivity index (χ1n) is 11.0. The van der Waals surface area contributed by atoms with Gasteiger partial charge >= 0.3 is 0 Å². The number of hydrogen-bond donors (Lipinski definition) is 2. The molecule has 0 atom stereocenters. The molecule has 0 aliphatic heterocycles. The van der Waals surface area contributed by atoms with E-state index in [1.807, 2.05) is 43.3 Å². The minimum absolute atomic E-state index is 0.0833. The van der Waals surface area contributed by atoms with Gasteiger partial charge in [0.25, 0.3) is 5.91 Å². The van der Waals surface area contributed by atoms with Crippen molar-refractivity contribution in [3.8, 4) is 0 Å². The summed E-state index contributed by atoms with van der Waals surface area (Å²) in [7, 11) is 0.671. The first kappa shape index (κ1) is 23.0. The molecule has 0 saturated heterocycles. The van der Waals surface area contributed by atoms with Gasteiger partial charge in [-0.2, -0.15) is 4.98 Å². The van der Waals surface area contributed by atoms with Gasteiger partial charge in [0.1, 0.15) is 5.82 Å². The number of nitrogens with zero attached hydrogens (tertiary/aromatic N) is 3. The number of carbonyl (C=O) groups excluding carboxylic acids is 1. The highest BCUT2D eigenvalue weighted by atomic mass is 32.2. The third kappa shape index (κ3) is 5.42. The van der Waals surface area contributed by atoms with E-state index in [1.54, 1.807) is 12.1 Å². The molecule has 0 unspecified atom stereocenters. The molecule has 0 bridgehead atoms. The molecule has 0 radical (unpaired) electrons. The van der Waals surface area contributed by atoms with Crippen molar-refractivity contribution >= 4 is 38.4 Å². The first-order valence-corrected chi connectivity index (χ1v) is 12.9. The lowest BCUT2D eigenvalue weighted by Gasteiger charge is -2.30. The van der Waals surface area contributed by atoms with Crippen LogP contribution in [-0.4, -0.2) is 56.7 Å². The maximum atomic E-state index is 12.6. The highest BCUT2D eigenvalue weighted by Gasteiger charge is 2.24. The Morgan fingerprint density at radius 3 is 2.21 bits per heavy atom. The zero-order valence-electron chi connectivity index (χ0n) is 19.1. The summed E-state index contributed by atoms with van der Waals surface area (Å²) in [5.41, 5.74) is 1.37. The predicted octanol–water partition coefficient (Wildman–Crippen LogP) is 3.25. The van der Waals surface area contributed by atoms with E-state index in [2.05, 4.69) is 15.6 Å². The van der Waals surface area contributed by atoms with Crippen molar-refractivity contribution in [3.05, 3.63) is 54.1 Å². The van der Waals surface area contributed by atoms with Crippen LogP contribution in [0, 0.1) is 0 Å². The summed E-state index contributed by atoms with van der Waals surface area (Å²) in [5.74, 6) is 1.32. The van der Waals surface area contributed by atoms with Crippen molar-refractivity contribution < 1.29 is 13.2 Å². The lowest BCUT2D eigenvalue weighted by atomic mass is 9.91. The average molecular weight is 468 g/mol. The first-order chi connectivity index (χ1) is 15.7. The van der Waals surface area contributed by atoms with E-state index in [4.69, 9.17) is 4.98 Å². The molecule has 1 aromatic heterocycles. The van der Waals surface area contributed by atoms with Crippen LogP contribution >= 0.6 is 0 Å². The number of anilines is 2. The van der Waals surface area contributed by atoms with Crippen LogP contribution in [0.2, 0.25) is 0 Å². The van der Waals surface area contributed by atoms with Gasteiger partial charge in [-0.25, -0.2) is 13.4 Å². The average Bonchev–Trinajstić information content (AvgIpc) is 2.79. The van der Waals surface area contributed by atoms with Gasteiger partial charge in [0.2, 0.25) is 5.95 Å². The van der Waals surface area contributed by atoms with Crippen molar-refractivity contribution in [2.45, 2.75) is 42.7 Å². The molecule has 1 heterocycles. The third-order valence-corrected chi connectivity index (χ3v) is 7.08. The minimum atomic E-state index is -3.28. The zero-order valence-corrected chi connectivity index (χ0v) is 19.9. The molecule has 174 valence electrons. The second-order valence-electron chi connectivity index (χ2n) is 8.75. The standard InChI is InChI=1S/C24H29N5O3S/c1-29(2)22-20-6-4-5-7-21(20)27-24(28-22)26-18-12-10-17(11-13-18)25-23(30)16-8-14-19(15-9-16)33(3,31)32/h4-9,14-15,17-18H,10-13H2,1-3H3,(H,25,30)(H,26,27,28). The molecule has 3 aromatic rings. The van der Waals surface area contributed by atoms with Crippen molar-refractivity contribution in [3.63, 3.8) is 0 Å². The van der Waals surface area contributed by atoms with E-state index >= 15 is 0 Å². The number of amides is 1. The molecular formula is C24H29N5O3S. The Balaban J connectivity index is 1.35.